The SMILES string of the molecule is CCCCC/C=C\C/C=C\CCCCCCCCCC(=O)OCCCCC/C=C\C/C=C\CCCCCCCCCC(=O)NC(CO)C(O)/C=C/CCCCCCCCCCCCCCCCCC. The molecule has 1 amide bonds. The highest BCUT2D eigenvalue weighted by Crippen LogP contribution is 2.16. The van der Waals surface area contributed by atoms with E-state index < -0.39 is 12.1 Å². The molecule has 0 aromatic carbocycles. The topological polar surface area (TPSA) is 95.9 Å². The standard InChI is InChI=1S/C63H115NO5/c1-3-5-7-9-11-13-15-17-19-21-24-27-31-35-39-43-47-51-55-61(66)60(59-65)64-62(67)56-52-48-44-40-36-32-28-25-22-26-30-34-38-42-46-50-54-58-69-63(68)57-53-49-45-41-37-33-29-23-20-18-16-14-12-10-8-6-4-2/h12,14,18,20,22,26,34,38,51,55,60-61,65-66H,3-11,13,15-17,19,21,23-25,27-33,35-37,39-50,52-54,56-59H2,1-2H3,(H,64,67)/b14-12-,20-18-,26-22-,38-34-,55-51+. The number of esters is 1. The van der Waals surface area contributed by atoms with Crippen LogP contribution in [0.25, 0.3) is 0 Å². The molecule has 0 saturated heterocycles. The van der Waals surface area contributed by atoms with Crippen molar-refractivity contribution >= 4 is 11.9 Å². The zero-order valence-corrected chi connectivity index (χ0v) is 45.8. The monoisotopic (exact) mass is 966 g/mol. The molecular weight excluding hydrogens is 851 g/mol. The number of carbonyl (C=O) groups excluding carboxylic acids is 2. The summed E-state index contributed by atoms with van der Waals surface area (Å²) in [7, 11) is 0. The van der Waals surface area contributed by atoms with Gasteiger partial charge in [0.15, 0.2) is 0 Å². The number of nitrogens with one attached hydrogen (secondary N) is 1. The first-order valence-corrected chi connectivity index (χ1v) is 30.1. The maximum absolute atomic E-state index is 12.5. The summed E-state index contributed by atoms with van der Waals surface area (Å²) in [5.74, 6) is -0.109. The van der Waals surface area contributed by atoms with Crippen LogP contribution in [0.2, 0.25) is 0 Å². The Morgan fingerprint density at radius 2 is 0.725 bits per heavy atom. The Morgan fingerprint density at radius 3 is 1.13 bits per heavy atom. The van der Waals surface area contributed by atoms with Gasteiger partial charge in [0, 0.05) is 12.8 Å². The van der Waals surface area contributed by atoms with Crippen molar-refractivity contribution in [1.29, 1.82) is 0 Å². The van der Waals surface area contributed by atoms with Crippen molar-refractivity contribution in [1.82, 2.24) is 5.32 Å². The number of ether oxygens (including phenoxy) is 1. The number of rotatable bonds is 55. The molecule has 0 heterocycles. The van der Waals surface area contributed by atoms with Gasteiger partial charge in [-0.25, -0.2) is 0 Å². The average Bonchev–Trinajstić information content (AvgIpc) is 3.35. The van der Waals surface area contributed by atoms with E-state index in [4.69, 9.17) is 4.74 Å². The summed E-state index contributed by atoms with van der Waals surface area (Å²) < 4.78 is 5.46. The highest BCUT2D eigenvalue weighted by atomic mass is 16.5. The maximum atomic E-state index is 12.5. The van der Waals surface area contributed by atoms with Crippen LogP contribution in [0, 0.1) is 0 Å². The first-order valence-electron chi connectivity index (χ1n) is 30.1. The van der Waals surface area contributed by atoms with E-state index in [2.05, 4.69) is 67.8 Å². The summed E-state index contributed by atoms with van der Waals surface area (Å²) in [6.07, 6.45) is 75.3. The first kappa shape index (κ1) is 66.6. The molecule has 6 nitrogen and oxygen atoms in total. The van der Waals surface area contributed by atoms with E-state index in [1.807, 2.05) is 6.08 Å². The molecule has 6 heteroatoms. The van der Waals surface area contributed by atoms with Crippen LogP contribution >= 0.6 is 0 Å². The fourth-order valence-electron chi connectivity index (χ4n) is 8.87. The van der Waals surface area contributed by atoms with Gasteiger partial charge >= 0.3 is 5.97 Å². The van der Waals surface area contributed by atoms with E-state index in [0.29, 0.717) is 19.4 Å². The number of amides is 1. The smallest absolute Gasteiger partial charge is 0.305 e. The van der Waals surface area contributed by atoms with Crippen LogP contribution < -0.4 is 5.32 Å². The average molecular weight is 967 g/mol. The Bertz CT molecular complexity index is 1210. The first-order chi connectivity index (χ1) is 34.0. The summed E-state index contributed by atoms with van der Waals surface area (Å²) in [5, 5.41) is 23.1. The molecule has 0 aliphatic rings. The largest absolute Gasteiger partial charge is 0.466 e. The zero-order chi connectivity index (χ0) is 50.0. The number of aliphatic hydroxyl groups is 2. The predicted molar refractivity (Wildman–Crippen MR) is 301 cm³/mol. The van der Waals surface area contributed by atoms with Gasteiger partial charge in [0.05, 0.1) is 25.4 Å². The highest BCUT2D eigenvalue weighted by Gasteiger charge is 2.18. The van der Waals surface area contributed by atoms with E-state index >= 15 is 0 Å². The molecule has 0 fully saturated rings. The summed E-state index contributed by atoms with van der Waals surface area (Å²) in [5.41, 5.74) is 0. The number of aliphatic hydroxyl groups excluding tert-OH is 2. The molecule has 0 aliphatic carbocycles. The van der Waals surface area contributed by atoms with Crippen molar-refractivity contribution in [2.24, 2.45) is 0 Å². The molecule has 0 rings (SSSR count). The fourth-order valence-corrected chi connectivity index (χ4v) is 8.87. The van der Waals surface area contributed by atoms with Crippen molar-refractivity contribution in [3.8, 4) is 0 Å². The summed E-state index contributed by atoms with van der Waals surface area (Å²) >= 11 is 0. The molecule has 0 saturated carbocycles. The minimum absolute atomic E-state index is 0.0247. The van der Waals surface area contributed by atoms with Crippen molar-refractivity contribution in [2.45, 2.75) is 315 Å². The predicted octanol–water partition coefficient (Wildman–Crippen LogP) is 18.7. The molecule has 69 heavy (non-hydrogen) atoms. The van der Waals surface area contributed by atoms with E-state index in [-0.39, 0.29) is 18.5 Å². The Kier molecular flexibility index (Phi) is 56.1. The summed E-state index contributed by atoms with van der Waals surface area (Å²) in [6, 6.07) is -0.642. The molecule has 402 valence electrons. The Morgan fingerprint density at radius 1 is 0.406 bits per heavy atom. The molecule has 2 atom stereocenters. The molecule has 3 N–H and O–H groups in total. The highest BCUT2D eigenvalue weighted by molar-refractivity contribution is 5.76. The van der Waals surface area contributed by atoms with Gasteiger partial charge in [0.1, 0.15) is 0 Å². The third-order valence-electron chi connectivity index (χ3n) is 13.5. The van der Waals surface area contributed by atoms with E-state index in [9.17, 15) is 19.8 Å². The lowest BCUT2D eigenvalue weighted by Gasteiger charge is -2.20. The second-order valence-electron chi connectivity index (χ2n) is 20.3. The van der Waals surface area contributed by atoms with Crippen LogP contribution in [-0.2, 0) is 14.3 Å². The zero-order valence-electron chi connectivity index (χ0n) is 45.8. The van der Waals surface area contributed by atoms with Gasteiger partial charge in [-0.3, -0.25) is 9.59 Å². The minimum atomic E-state index is -0.857. The van der Waals surface area contributed by atoms with Crippen LogP contribution in [0.15, 0.2) is 60.8 Å². The van der Waals surface area contributed by atoms with Gasteiger partial charge in [-0.2, -0.15) is 0 Å². The lowest BCUT2D eigenvalue weighted by molar-refractivity contribution is -0.143. The Balaban J connectivity index is 3.53. The normalized spacial score (nSPS) is 13.0. The molecule has 0 aromatic rings. The molecule has 0 radical (unpaired) electrons. The maximum Gasteiger partial charge on any atom is 0.305 e. The van der Waals surface area contributed by atoms with Crippen LogP contribution in [0.3, 0.4) is 0 Å². The van der Waals surface area contributed by atoms with Gasteiger partial charge < -0.3 is 20.3 Å². The molecule has 0 bridgehead atoms. The Labute approximate surface area is 428 Å². The van der Waals surface area contributed by atoms with Crippen molar-refractivity contribution in [2.75, 3.05) is 13.2 Å². The third-order valence-corrected chi connectivity index (χ3v) is 13.5. The van der Waals surface area contributed by atoms with Gasteiger partial charge in [-0.15, -0.1) is 0 Å². The summed E-state index contributed by atoms with van der Waals surface area (Å²) in [4.78, 5) is 24.5. The number of allylic oxidation sites excluding steroid dienone is 9. The van der Waals surface area contributed by atoms with E-state index in [1.54, 1.807) is 6.08 Å². The van der Waals surface area contributed by atoms with Crippen LogP contribution in [0.4, 0.5) is 0 Å². The molecule has 0 spiro atoms. The molecule has 0 aliphatic heterocycles. The van der Waals surface area contributed by atoms with Crippen molar-refractivity contribution in [3.05, 3.63) is 60.8 Å². The van der Waals surface area contributed by atoms with E-state index in [0.717, 1.165) is 89.9 Å². The number of carbonyl (C=O) groups is 2. The van der Waals surface area contributed by atoms with Gasteiger partial charge in [-0.05, 0) is 103 Å². The number of unbranched alkanes of at least 4 members (excludes halogenated alkanes) is 36. The van der Waals surface area contributed by atoms with Crippen LogP contribution in [-0.4, -0.2) is 47.4 Å². The molecule has 2 unspecified atom stereocenters. The molecular formula is C63H115NO5. The quantitative estimate of drug-likeness (QED) is 0.0321. The van der Waals surface area contributed by atoms with Gasteiger partial charge in [-0.1, -0.05) is 248 Å². The van der Waals surface area contributed by atoms with Crippen molar-refractivity contribution < 1.29 is 24.5 Å². The Hall–Kier alpha value is -2.44. The minimum Gasteiger partial charge on any atom is -0.466 e. The van der Waals surface area contributed by atoms with Gasteiger partial charge in [0.2, 0.25) is 5.91 Å². The van der Waals surface area contributed by atoms with Crippen molar-refractivity contribution in [3.63, 3.8) is 0 Å². The van der Waals surface area contributed by atoms with Crippen LogP contribution in [0.5, 0.6) is 0 Å². The van der Waals surface area contributed by atoms with Crippen LogP contribution in [0.1, 0.15) is 303 Å². The molecule has 0 aromatic heterocycles. The lowest BCUT2D eigenvalue weighted by atomic mass is 10.0. The number of hydrogen-bond acceptors (Lipinski definition) is 5. The second kappa shape index (κ2) is 58.1. The second-order valence-corrected chi connectivity index (χ2v) is 20.3. The summed E-state index contributed by atoms with van der Waals surface area (Å²) in [6.45, 7) is 4.83. The number of hydrogen-bond donors (Lipinski definition) is 3. The lowest BCUT2D eigenvalue weighted by Crippen LogP contribution is -2.45. The third kappa shape index (κ3) is 54.7. The van der Waals surface area contributed by atoms with E-state index in [1.165, 1.54) is 186 Å². The van der Waals surface area contributed by atoms with Gasteiger partial charge in [0.25, 0.3) is 0 Å². The fraction of sp³-hybridized carbons (Fsp3) is 0.810.